The number of hydrogen-bond donors (Lipinski definition) is 0. The molecule has 6 nitrogen and oxygen atoms in total. The van der Waals surface area contributed by atoms with Crippen LogP contribution in [0.5, 0.6) is 5.75 Å². The number of aryl methyl sites for hydroxylation is 2. The number of rotatable bonds is 9. The Bertz CT molecular complexity index is 1320. The van der Waals surface area contributed by atoms with Gasteiger partial charge in [0.1, 0.15) is 11.5 Å². The van der Waals surface area contributed by atoms with Gasteiger partial charge in [0, 0.05) is 11.4 Å². The fraction of sp³-hybridized carbons (Fsp3) is 0.200. The Balaban J connectivity index is 1.54. The van der Waals surface area contributed by atoms with Gasteiger partial charge in [-0.15, -0.1) is 10.2 Å². The molecule has 4 rings (SSSR count). The van der Waals surface area contributed by atoms with Crippen molar-refractivity contribution >= 4 is 21.6 Å². The maximum absolute atomic E-state index is 13.0. The molecule has 3 aromatic carbocycles. The highest BCUT2D eigenvalue weighted by Crippen LogP contribution is 2.25. The van der Waals surface area contributed by atoms with Crippen LogP contribution in [-0.4, -0.2) is 35.5 Å². The zero-order chi connectivity index (χ0) is 23.3. The fourth-order valence-electron chi connectivity index (χ4n) is 3.32. The minimum absolute atomic E-state index is 0.238. The van der Waals surface area contributed by atoms with Crippen LogP contribution in [0.4, 0.5) is 0 Å². The Morgan fingerprint density at radius 3 is 2.36 bits per heavy atom. The van der Waals surface area contributed by atoms with E-state index in [4.69, 9.17) is 4.74 Å². The third kappa shape index (κ3) is 5.83. The number of aromatic nitrogens is 3. The van der Waals surface area contributed by atoms with Gasteiger partial charge >= 0.3 is 0 Å². The molecule has 0 N–H and O–H groups in total. The summed E-state index contributed by atoms with van der Waals surface area (Å²) in [6.07, 6.45) is 0. The van der Waals surface area contributed by atoms with Crippen LogP contribution in [0.15, 0.2) is 88.9 Å². The van der Waals surface area contributed by atoms with Crippen molar-refractivity contribution in [2.75, 3.05) is 12.4 Å². The second-order valence-electron chi connectivity index (χ2n) is 7.66. The molecule has 0 bridgehead atoms. The summed E-state index contributed by atoms with van der Waals surface area (Å²) in [7, 11) is -3.57. The van der Waals surface area contributed by atoms with Gasteiger partial charge in [-0.2, -0.15) is 0 Å². The van der Waals surface area contributed by atoms with Gasteiger partial charge in [0.15, 0.2) is 20.8 Å². The maximum atomic E-state index is 13.0. The van der Waals surface area contributed by atoms with Crippen molar-refractivity contribution < 1.29 is 13.2 Å². The largest absolute Gasteiger partial charge is 0.493 e. The maximum Gasteiger partial charge on any atom is 0.195 e. The fourth-order valence-corrected chi connectivity index (χ4v) is 5.35. The standard InChI is InChI=1S/C25H25N3O3S2/c1-19-11-13-23(14-12-19)33(29,30)18-24-26-27-25(28(24)21-8-4-3-5-9-21)32-16-15-31-22-10-6-7-20(2)17-22/h3-14,17H,15-16,18H2,1-2H3. The van der Waals surface area contributed by atoms with Crippen molar-refractivity contribution in [3.63, 3.8) is 0 Å². The first-order valence-electron chi connectivity index (χ1n) is 10.5. The third-order valence-corrected chi connectivity index (χ3v) is 7.51. The van der Waals surface area contributed by atoms with Crippen LogP contribution in [0.2, 0.25) is 0 Å². The monoisotopic (exact) mass is 479 g/mol. The average Bonchev–Trinajstić information content (AvgIpc) is 3.19. The zero-order valence-electron chi connectivity index (χ0n) is 18.5. The number of nitrogens with zero attached hydrogens (tertiary/aromatic N) is 3. The van der Waals surface area contributed by atoms with Crippen LogP contribution in [0.3, 0.4) is 0 Å². The van der Waals surface area contributed by atoms with E-state index in [0.717, 1.165) is 22.6 Å². The molecule has 0 aliphatic carbocycles. The molecule has 0 aliphatic rings. The van der Waals surface area contributed by atoms with Crippen LogP contribution in [-0.2, 0) is 15.6 Å². The number of para-hydroxylation sites is 1. The predicted octanol–water partition coefficient (Wildman–Crippen LogP) is 5.03. The molecule has 0 radical (unpaired) electrons. The van der Waals surface area contributed by atoms with Gasteiger partial charge in [-0.1, -0.05) is 59.8 Å². The van der Waals surface area contributed by atoms with Gasteiger partial charge in [0.05, 0.1) is 11.5 Å². The van der Waals surface area contributed by atoms with Gasteiger partial charge in [0.25, 0.3) is 0 Å². The predicted molar refractivity (Wildman–Crippen MR) is 131 cm³/mol. The molecule has 0 saturated heterocycles. The van der Waals surface area contributed by atoms with Crippen LogP contribution in [0, 0.1) is 13.8 Å². The molecule has 0 fully saturated rings. The van der Waals surface area contributed by atoms with Gasteiger partial charge in [-0.3, -0.25) is 4.57 Å². The minimum Gasteiger partial charge on any atom is -0.493 e. The van der Waals surface area contributed by atoms with Gasteiger partial charge in [-0.05, 0) is 55.8 Å². The van der Waals surface area contributed by atoms with E-state index in [1.807, 2.05) is 73.0 Å². The van der Waals surface area contributed by atoms with Gasteiger partial charge in [0.2, 0.25) is 0 Å². The molecule has 0 unspecified atom stereocenters. The lowest BCUT2D eigenvalue weighted by molar-refractivity contribution is 0.343. The van der Waals surface area contributed by atoms with E-state index in [-0.39, 0.29) is 10.6 Å². The summed E-state index contributed by atoms with van der Waals surface area (Å²) >= 11 is 1.48. The summed E-state index contributed by atoms with van der Waals surface area (Å²) in [6.45, 7) is 4.44. The van der Waals surface area contributed by atoms with E-state index >= 15 is 0 Å². The molecule has 0 spiro atoms. The first kappa shape index (κ1) is 23.1. The second-order valence-corrected chi connectivity index (χ2v) is 10.7. The Kier molecular flexibility index (Phi) is 7.15. The lowest BCUT2D eigenvalue weighted by atomic mass is 10.2. The smallest absolute Gasteiger partial charge is 0.195 e. The average molecular weight is 480 g/mol. The summed E-state index contributed by atoms with van der Waals surface area (Å²) in [4.78, 5) is 0.275. The highest BCUT2D eigenvalue weighted by Gasteiger charge is 2.22. The number of benzene rings is 3. The number of ether oxygens (including phenoxy) is 1. The molecular formula is C25H25N3O3S2. The lowest BCUT2D eigenvalue weighted by Crippen LogP contribution is -2.11. The zero-order valence-corrected chi connectivity index (χ0v) is 20.1. The normalized spacial score (nSPS) is 11.5. The SMILES string of the molecule is Cc1ccc(S(=O)(=O)Cc2nnc(SCCOc3cccc(C)c3)n2-c2ccccc2)cc1. The minimum atomic E-state index is -3.57. The summed E-state index contributed by atoms with van der Waals surface area (Å²) in [6, 6.07) is 24.3. The molecule has 1 aromatic heterocycles. The Hall–Kier alpha value is -3.10. The Morgan fingerprint density at radius 1 is 0.879 bits per heavy atom. The highest BCUT2D eigenvalue weighted by atomic mass is 32.2. The number of hydrogen-bond acceptors (Lipinski definition) is 6. The second kappa shape index (κ2) is 10.2. The molecule has 0 amide bonds. The van der Waals surface area contributed by atoms with E-state index < -0.39 is 9.84 Å². The van der Waals surface area contributed by atoms with E-state index in [9.17, 15) is 8.42 Å². The molecule has 0 atom stereocenters. The van der Waals surface area contributed by atoms with Crippen molar-refractivity contribution in [1.29, 1.82) is 0 Å². The summed E-state index contributed by atoms with van der Waals surface area (Å²) < 4.78 is 33.7. The van der Waals surface area contributed by atoms with Crippen molar-refractivity contribution in [3.05, 3.63) is 95.8 Å². The first-order chi connectivity index (χ1) is 15.9. The van der Waals surface area contributed by atoms with E-state index in [0.29, 0.717) is 23.3 Å². The van der Waals surface area contributed by atoms with Crippen LogP contribution >= 0.6 is 11.8 Å². The van der Waals surface area contributed by atoms with E-state index in [1.54, 1.807) is 24.3 Å². The quantitative estimate of drug-likeness (QED) is 0.248. The first-order valence-corrected chi connectivity index (χ1v) is 13.2. The summed E-state index contributed by atoms with van der Waals surface area (Å²) in [5.41, 5.74) is 2.97. The summed E-state index contributed by atoms with van der Waals surface area (Å²) in [5, 5.41) is 9.17. The van der Waals surface area contributed by atoms with Crippen molar-refractivity contribution in [3.8, 4) is 11.4 Å². The molecule has 8 heteroatoms. The third-order valence-electron chi connectivity index (χ3n) is 4.99. The highest BCUT2D eigenvalue weighted by molar-refractivity contribution is 7.99. The number of thioether (sulfide) groups is 1. The van der Waals surface area contributed by atoms with Crippen molar-refractivity contribution in [1.82, 2.24) is 14.8 Å². The van der Waals surface area contributed by atoms with Crippen LogP contribution in [0.25, 0.3) is 5.69 Å². The molecule has 33 heavy (non-hydrogen) atoms. The Morgan fingerprint density at radius 2 is 1.64 bits per heavy atom. The van der Waals surface area contributed by atoms with Gasteiger partial charge < -0.3 is 4.74 Å². The van der Waals surface area contributed by atoms with Crippen LogP contribution in [0.1, 0.15) is 17.0 Å². The topological polar surface area (TPSA) is 74.1 Å². The molecule has 170 valence electrons. The van der Waals surface area contributed by atoms with E-state index in [2.05, 4.69) is 10.2 Å². The van der Waals surface area contributed by atoms with Gasteiger partial charge in [-0.25, -0.2) is 8.42 Å². The Labute approximate surface area is 198 Å². The molecular weight excluding hydrogens is 454 g/mol. The summed E-state index contributed by atoms with van der Waals surface area (Å²) in [5.74, 6) is 1.61. The lowest BCUT2D eigenvalue weighted by Gasteiger charge is -2.11. The molecule has 1 heterocycles. The molecule has 0 saturated carbocycles. The molecule has 0 aliphatic heterocycles. The van der Waals surface area contributed by atoms with Crippen molar-refractivity contribution in [2.24, 2.45) is 0 Å². The van der Waals surface area contributed by atoms with E-state index in [1.165, 1.54) is 11.8 Å². The van der Waals surface area contributed by atoms with Crippen LogP contribution < -0.4 is 4.74 Å². The number of sulfone groups is 1. The molecule has 4 aromatic rings. The van der Waals surface area contributed by atoms with Crippen molar-refractivity contribution in [2.45, 2.75) is 29.7 Å².